The molecule has 0 spiro atoms. The number of thioether (sulfide) groups is 1. The summed E-state index contributed by atoms with van der Waals surface area (Å²) in [6, 6.07) is 13.4. The summed E-state index contributed by atoms with van der Waals surface area (Å²) in [5.74, 6) is -0.807. The van der Waals surface area contributed by atoms with E-state index in [2.05, 4.69) is 0 Å². The van der Waals surface area contributed by atoms with Gasteiger partial charge in [-0.1, -0.05) is 59.6 Å². The fourth-order valence-corrected chi connectivity index (χ4v) is 3.55. The zero-order chi connectivity index (χ0) is 18.0. The Balaban J connectivity index is 1.80. The van der Waals surface area contributed by atoms with E-state index in [1.807, 2.05) is 0 Å². The molecule has 3 rings (SSSR count). The third-order valence-corrected chi connectivity index (χ3v) is 4.99. The molecule has 0 unspecified atom stereocenters. The predicted molar refractivity (Wildman–Crippen MR) is 99.9 cm³/mol. The quantitative estimate of drug-likeness (QED) is 0.548. The molecule has 1 saturated heterocycles. The van der Waals surface area contributed by atoms with Gasteiger partial charge < -0.3 is 0 Å². The van der Waals surface area contributed by atoms with Crippen molar-refractivity contribution < 1.29 is 14.4 Å². The summed E-state index contributed by atoms with van der Waals surface area (Å²) in [6.07, 6.45) is 1.52. The number of hydrogen-bond donors (Lipinski definition) is 0. The van der Waals surface area contributed by atoms with Crippen molar-refractivity contribution in [2.75, 3.05) is 6.54 Å². The number of imide groups is 1. The molecule has 0 aliphatic carbocycles. The molecule has 0 radical (unpaired) electrons. The standard InChI is InChI=1S/C18H11Cl2NO3S/c19-13-7-6-12(14(20)9-13)8-16-17(23)21(18(24)25-16)10-15(22)11-4-2-1-3-5-11/h1-9H,10H2/b16-8+. The Labute approximate surface area is 158 Å². The highest BCUT2D eigenvalue weighted by Gasteiger charge is 2.36. The fraction of sp³-hybridized carbons (Fsp3) is 0.0556. The molecule has 25 heavy (non-hydrogen) atoms. The van der Waals surface area contributed by atoms with Gasteiger partial charge in [0.1, 0.15) is 0 Å². The Bertz CT molecular complexity index is 896. The summed E-state index contributed by atoms with van der Waals surface area (Å²) < 4.78 is 0. The van der Waals surface area contributed by atoms with Gasteiger partial charge in [-0.25, -0.2) is 0 Å². The molecule has 0 aromatic heterocycles. The average Bonchev–Trinajstić information content (AvgIpc) is 2.85. The number of rotatable bonds is 4. The maximum absolute atomic E-state index is 12.5. The van der Waals surface area contributed by atoms with Crippen LogP contribution in [0.2, 0.25) is 10.0 Å². The van der Waals surface area contributed by atoms with Gasteiger partial charge in [-0.05, 0) is 35.5 Å². The Morgan fingerprint density at radius 2 is 1.80 bits per heavy atom. The molecule has 1 heterocycles. The third-order valence-electron chi connectivity index (χ3n) is 3.52. The van der Waals surface area contributed by atoms with Crippen molar-refractivity contribution in [3.63, 3.8) is 0 Å². The Morgan fingerprint density at radius 1 is 1.08 bits per heavy atom. The van der Waals surface area contributed by atoms with E-state index in [0.717, 1.165) is 16.7 Å². The van der Waals surface area contributed by atoms with Crippen molar-refractivity contribution in [3.05, 3.63) is 74.6 Å². The molecule has 1 aliphatic heterocycles. The summed E-state index contributed by atoms with van der Waals surface area (Å²) in [4.78, 5) is 38.0. The third kappa shape index (κ3) is 3.95. The molecule has 0 N–H and O–H groups in total. The van der Waals surface area contributed by atoms with E-state index in [-0.39, 0.29) is 17.2 Å². The number of halogens is 2. The highest BCUT2D eigenvalue weighted by molar-refractivity contribution is 8.18. The Hall–Kier alpha value is -2.08. The second kappa shape index (κ2) is 7.44. The molecule has 0 saturated carbocycles. The number of hydrogen-bond acceptors (Lipinski definition) is 4. The first kappa shape index (κ1) is 17.7. The van der Waals surface area contributed by atoms with Crippen LogP contribution in [0, 0.1) is 0 Å². The molecule has 7 heteroatoms. The van der Waals surface area contributed by atoms with Crippen LogP contribution in [0.25, 0.3) is 6.08 Å². The first-order valence-corrected chi connectivity index (χ1v) is 8.81. The zero-order valence-electron chi connectivity index (χ0n) is 12.7. The maximum atomic E-state index is 12.5. The van der Waals surface area contributed by atoms with Gasteiger partial charge in [0, 0.05) is 15.6 Å². The monoisotopic (exact) mass is 391 g/mol. The molecule has 0 atom stereocenters. The molecule has 2 amide bonds. The maximum Gasteiger partial charge on any atom is 0.293 e. The van der Waals surface area contributed by atoms with Crippen LogP contribution in [0.3, 0.4) is 0 Å². The molecule has 126 valence electrons. The lowest BCUT2D eigenvalue weighted by molar-refractivity contribution is -0.122. The number of carbonyl (C=O) groups is 3. The molecule has 2 aromatic rings. The summed E-state index contributed by atoms with van der Waals surface area (Å²) in [5.41, 5.74) is 1.03. The minimum Gasteiger partial charge on any atom is -0.292 e. The number of amides is 2. The minimum atomic E-state index is -0.509. The van der Waals surface area contributed by atoms with E-state index in [0.29, 0.717) is 21.2 Å². The summed E-state index contributed by atoms with van der Waals surface area (Å²) in [7, 11) is 0. The van der Waals surface area contributed by atoms with E-state index in [4.69, 9.17) is 23.2 Å². The van der Waals surface area contributed by atoms with Crippen LogP contribution in [0.1, 0.15) is 15.9 Å². The normalized spacial score (nSPS) is 15.9. The molecule has 2 aromatic carbocycles. The van der Waals surface area contributed by atoms with Crippen LogP contribution in [-0.2, 0) is 4.79 Å². The van der Waals surface area contributed by atoms with Gasteiger partial charge >= 0.3 is 0 Å². The SMILES string of the molecule is O=C(CN1C(=O)S/C(=C/c2ccc(Cl)cc2Cl)C1=O)c1ccccc1. The molecule has 4 nitrogen and oxygen atoms in total. The van der Waals surface area contributed by atoms with E-state index < -0.39 is 11.1 Å². The molecule has 1 aliphatic rings. The van der Waals surface area contributed by atoms with Crippen LogP contribution in [0.15, 0.2) is 53.4 Å². The van der Waals surface area contributed by atoms with Crippen LogP contribution < -0.4 is 0 Å². The topological polar surface area (TPSA) is 54.5 Å². The number of ketones is 1. The van der Waals surface area contributed by atoms with Crippen molar-refractivity contribution in [3.8, 4) is 0 Å². The van der Waals surface area contributed by atoms with Crippen molar-refractivity contribution >= 4 is 58.0 Å². The molecular weight excluding hydrogens is 381 g/mol. The minimum absolute atomic E-state index is 0.218. The summed E-state index contributed by atoms with van der Waals surface area (Å²) >= 11 is 12.7. The second-order valence-corrected chi connectivity index (χ2v) is 7.06. The Kier molecular flexibility index (Phi) is 5.27. The summed E-state index contributed by atoms with van der Waals surface area (Å²) in [6.45, 7) is -0.291. The Morgan fingerprint density at radius 3 is 2.48 bits per heavy atom. The largest absolute Gasteiger partial charge is 0.293 e. The van der Waals surface area contributed by atoms with E-state index in [1.54, 1.807) is 48.5 Å². The average molecular weight is 392 g/mol. The van der Waals surface area contributed by atoms with Crippen molar-refractivity contribution in [1.29, 1.82) is 0 Å². The smallest absolute Gasteiger partial charge is 0.292 e. The van der Waals surface area contributed by atoms with Gasteiger partial charge in [-0.15, -0.1) is 0 Å². The van der Waals surface area contributed by atoms with Gasteiger partial charge in [-0.3, -0.25) is 19.3 Å². The van der Waals surface area contributed by atoms with Gasteiger partial charge in [0.25, 0.3) is 11.1 Å². The zero-order valence-corrected chi connectivity index (χ0v) is 15.1. The van der Waals surface area contributed by atoms with Gasteiger partial charge in [0.05, 0.1) is 11.4 Å². The van der Waals surface area contributed by atoms with Gasteiger partial charge in [0.2, 0.25) is 0 Å². The first-order valence-electron chi connectivity index (χ1n) is 7.24. The van der Waals surface area contributed by atoms with Crippen LogP contribution in [0.5, 0.6) is 0 Å². The molecule has 1 fully saturated rings. The molecular formula is C18H11Cl2NO3S. The number of carbonyl (C=O) groups excluding carboxylic acids is 3. The lowest BCUT2D eigenvalue weighted by atomic mass is 10.1. The highest BCUT2D eigenvalue weighted by atomic mass is 35.5. The van der Waals surface area contributed by atoms with Crippen LogP contribution in [-0.4, -0.2) is 28.4 Å². The lowest BCUT2D eigenvalue weighted by Gasteiger charge is -2.11. The second-order valence-electron chi connectivity index (χ2n) is 5.22. The first-order chi connectivity index (χ1) is 12.0. The van der Waals surface area contributed by atoms with E-state index in [1.165, 1.54) is 6.08 Å². The van der Waals surface area contributed by atoms with Crippen LogP contribution >= 0.6 is 35.0 Å². The van der Waals surface area contributed by atoms with Crippen molar-refractivity contribution in [1.82, 2.24) is 4.90 Å². The molecule has 0 bridgehead atoms. The fourth-order valence-electron chi connectivity index (χ4n) is 2.26. The highest BCUT2D eigenvalue weighted by Crippen LogP contribution is 2.34. The number of Topliss-reactive ketones (excluding diaryl/α,β-unsaturated/α-hetero) is 1. The summed E-state index contributed by atoms with van der Waals surface area (Å²) in [5, 5.41) is 0.369. The lowest BCUT2D eigenvalue weighted by Crippen LogP contribution is -2.33. The van der Waals surface area contributed by atoms with Gasteiger partial charge in [-0.2, -0.15) is 0 Å². The van der Waals surface area contributed by atoms with Crippen LogP contribution in [0.4, 0.5) is 4.79 Å². The van der Waals surface area contributed by atoms with E-state index >= 15 is 0 Å². The van der Waals surface area contributed by atoms with Gasteiger partial charge in [0.15, 0.2) is 5.78 Å². The van der Waals surface area contributed by atoms with Crippen molar-refractivity contribution in [2.45, 2.75) is 0 Å². The number of nitrogens with zero attached hydrogens (tertiary/aromatic N) is 1. The number of benzene rings is 2. The predicted octanol–water partition coefficient (Wildman–Crippen LogP) is 4.91. The van der Waals surface area contributed by atoms with E-state index in [9.17, 15) is 14.4 Å². The van der Waals surface area contributed by atoms with Crippen molar-refractivity contribution in [2.24, 2.45) is 0 Å².